The van der Waals surface area contributed by atoms with Crippen LogP contribution in [0, 0.1) is 0 Å². The van der Waals surface area contributed by atoms with Crippen LogP contribution in [0.25, 0.3) is 0 Å². The Balaban J connectivity index is 2.11. The lowest BCUT2D eigenvalue weighted by atomic mass is 10.0. The number of nitrogen functional groups attached to an aromatic ring is 1. The Morgan fingerprint density at radius 3 is 2.71 bits per heavy atom. The van der Waals surface area contributed by atoms with Gasteiger partial charge in [-0.3, -0.25) is 9.89 Å². The molecular formula is C12H20N4O. The van der Waals surface area contributed by atoms with Crippen LogP contribution in [0.4, 0.5) is 5.69 Å². The Hall–Kier alpha value is -1.52. The van der Waals surface area contributed by atoms with Gasteiger partial charge in [0.05, 0.1) is 11.4 Å². The lowest BCUT2D eigenvalue weighted by Gasteiger charge is -2.24. The summed E-state index contributed by atoms with van der Waals surface area (Å²) in [6, 6.07) is 0. The summed E-state index contributed by atoms with van der Waals surface area (Å²) >= 11 is 0. The molecule has 0 aliphatic heterocycles. The van der Waals surface area contributed by atoms with E-state index in [0.29, 0.717) is 11.4 Å². The first-order chi connectivity index (χ1) is 8.06. The number of H-pyrrole nitrogens is 1. The van der Waals surface area contributed by atoms with Crippen molar-refractivity contribution in [3.05, 3.63) is 11.4 Å². The second kappa shape index (κ2) is 4.39. The van der Waals surface area contributed by atoms with Gasteiger partial charge in [-0.15, -0.1) is 0 Å². The summed E-state index contributed by atoms with van der Waals surface area (Å²) in [4.78, 5) is 12.1. The minimum atomic E-state index is -0.164. The summed E-state index contributed by atoms with van der Waals surface area (Å²) in [5, 5.41) is 9.85. The second-order valence-corrected chi connectivity index (χ2v) is 5.04. The largest absolute Gasteiger partial charge is 0.395 e. The molecule has 1 aliphatic carbocycles. The molecule has 0 unspecified atom stereocenters. The molecule has 94 valence electrons. The van der Waals surface area contributed by atoms with Gasteiger partial charge in [0, 0.05) is 5.54 Å². The smallest absolute Gasteiger partial charge is 0.274 e. The first kappa shape index (κ1) is 12.0. The third-order valence-electron chi connectivity index (χ3n) is 3.57. The lowest BCUT2D eigenvalue weighted by molar-refractivity contribution is 0.0904. The summed E-state index contributed by atoms with van der Waals surface area (Å²) in [5.74, 6) is -0.164. The number of carbonyl (C=O) groups is 1. The fourth-order valence-electron chi connectivity index (χ4n) is 2.44. The van der Waals surface area contributed by atoms with E-state index in [4.69, 9.17) is 5.73 Å². The summed E-state index contributed by atoms with van der Waals surface area (Å²) < 4.78 is 0. The molecule has 0 spiro atoms. The molecule has 1 aromatic heterocycles. The number of nitrogens with zero attached hydrogens (tertiary/aromatic N) is 1. The van der Waals surface area contributed by atoms with Crippen LogP contribution in [-0.2, 0) is 6.42 Å². The fourth-order valence-corrected chi connectivity index (χ4v) is 2.44. The molecule has 1 heterocycles. The highest BCUT2D eigenvalue weighted by Gasteiger charge is 2.31. The second-order valence-electron chi connectivity index (χ2n) is 5.04. The zero-order valence-corrected chi connectivity index (χ0v) is 10.5. The van der Waals surface area contributed by atoms with Gasteiger partial charge in [0.2, 0.25) is 0 Å². The predicted molar refractivity (Wildman–Crippen MR) is 66.7 cm³/mol. The van der Waals surface area contributed by atoms with E-state index in [1.807, 2.05) is 6.92 Å². The Morgan fingerprint density at radius 1 is 1.53 bits per heavy atom. The number of aromatic amines is 1. The number of hydrogen-bond acceptors (Lipinski definition) is 3. The molecular weight excluding hydrogens is 216 g/mol. The highest BCUT2D eigenvalue weighted by molar-refractivity contribution is 5.98. The Kier molecular flexibility index (Phi) is 3.09. The third-order valence-corrected chi connectivity index (χ3v) is 3.57. The van der Waals surface area contributed by atoms with E-state index < -0.39 is 0 Å². The molecule has 5 heteroatoms. The first-order valence-electron chi connectivity index (χ1n) is 6.21. The van der Waals surface area contributed by atoms with Gasteiger partial charge in [0.1, 0.15) is 0 Å². The van der Waals surface area contributed by atoms with Crippen LogP contribution in [0.5, 0.6) is 0 Å². The molecule has 4 N–H and O–H groups in total. The first-order valence-corrected chi connectivity index (χ1v) is 6.21. The molecule has 1 aliphatic rings. The number of nitrogens with two attached hydrogens (primary N) is 1. The predicted octanol–water partition coefficient (Wildman–Crippen LogP) is 1.62. The number of nitrogens with one attached hydrogen (secondary N) is 2. The van der Waals surface area contributed by atoms with Crippen molar-refractivity contribution < 1.29 is 4.79 Å². The number of rotatable bonds is 3. The molecule has 5 nitrogen and oxygen atoms in total. The minimum absolute atomic E-state index is 0.0884. The fraction of sp³-hybridized carbons (Fsp3) is 0.667. The molecule has 0 saturated heterocycles. The Bertz CT molecular complexity index is 418. The van der Waals surface area contributed by atoms with E-state index in [-0.39, 0.29) is 11.4 Å². The molecule has 2 rings (SSSR count). The number of anilines is 1. The molecule has 0 atom stereocenters. The zero-order chi connectivity index (χ0) is 12.5. The molecule has 0 aromatic carbocycles. The van der Waals surface area contributed by atoms with Crippen molar-refractivity contribution >= 4 is 11.6 Å². The zero-order valence-electron chi connectivity index (χ0n) is 10.5. The standard InChI is InChI=1S/C12H20N4O/c1-3-8-9(13)10(16-15-8)11(17)14-12(2)6-4-5-7-12/h3-7,13H2,1-2H3,(H,14,17)(H,15,16). The number of hydrogen-bond donors (Lipinski definition) is 3. The summed E-state index contributed by atoms with van der Waals surface area (Å²) in [6.45, 7) is 4.06. The van der Waals surface area contributed by atoms with Crippen molar-refractivity contribution in [3.63, 3.8) is 0 Å². The van der Waals surface area contributed by atoms with Crippen molar-refractivity contribution in [1.29, 1.82) is 0 Å². The number of aromatic nitrogens is 2. The van der Waals surface area contributed by atoms with E-state index in [9.17, 15) is 4.79 Å². The van der Waals surface area contributed by atoms with Crippen LogP contribution in [0.1, 0.15) is 55.7 Å². The summed E-state index contributed by atoms with van der Waals surface area (Å²) in [5.41, 5.74) is 7.42. The third kappa shape index (κ3) is 2.28. The lowest BCUT2D eigenvalue weighted by Crippen LogP contribution is -2.43. The van der Waals surface area contributed by atoms with Gasteiger partial charge in [-0.1, -0.05) is 19.8 Å². The molecule has 1 saturated carbocycles. The van der Waals surface area contributed by atoms with Gasteiger partial charge in [-0.2, -0.15) is 5.10 Å². The van der Waals surface area contributed by atoms with Gasteiger partial charge in [-0.05, 0) is 26.2 Å². The van der Waals surface area contributed by atoms with Crippen LogP contribution in [0.15, 0.2) is 0 Å². The van der Waals surface area contributed by atoms with Crippen molar-refractivity contribution in [3.8, 4) is 0 Å². The summed E-state index contributed by atoms with van der Waals surface area (Å²) in [7, 11) is 0. The van der Waals surface area contributed by atoms with Crippen LogP contribution >= 0.6 is 0 Å². The number of aryl methyl sites for hydroxylation is 1. The Morgan fingerprint density at radius 2 is 2.18 bits per heavy atom. The minimum Gasteiger partial charge on any atom is -0.395 e. The monoisotopic (exact) mass is 236 g/mol. The topological polar surface area (TPSA) is 83.8 Å². The molecule has 17 heavy (non-hydrogen) atoms. The van der Waals surface area contributed by atoms with E-state index in [1.54, 1.807) is 0 Å². The average Bonchev–Trinajstić information content (AvgIpc) is 2.85. The van der Waals surface area contributed by atoms with Crippen molar-refractivity contribution in [2.75, 3.05) is 5.73 Å². The quantitative estimate of drug-likeness (QED) is 0.745. The van der Waals surface area contributed by atoms with Gasteiger partial charge >= 0.3 is 0 Å². The van der Waals surface area contributed by atoms with Crippen LogP contribution < -0.4 is 11.1 Å². The number of amides is 1. The summed E-state index contributed by atoms with van der Waals surface area (Å²) in [6.07, 6.45) is 5.16. The SMILES string of the molecule is CCc1[nH]nc(C(=O)NC2(C)CCCC2)c1N. The van der Waals surface area contributed by atoms with Gasteiger partial charge in [-0.25, -0.2) is 0 Å². The van der Waals surface area contributed by atoms with Crippen LogP contribution in [0.2, 0.25) is 0 Å². The Labute approximate surface area is 101 Å². The van der Waals surface area contributed by atoms with Gasteiger partial charge < -0.3 is 11.1 Å². The molecule has 1 aromatic rings. The number of carbonyl (C=O) groups excluding carboxylic acids is 1. The maximum absolute atomic E-state index is 12.1. The molecule has 0 bridgehead atoms. The normalized spacial score (nSPS) is 18.2. The maximum atomic E-state index is 12.1. The maximum Gasteiger partial charge on any atom is 0.274 e. The molecule has 1 amide bonds. The van der Waals surface area contributed by atoms with Crippen LogP contribution in [-0.4, -0.2) is 21.6 Å². The molecule has 0 radical (unpaired) electrons. The van der Waals surface area contributed by atoms with Crippen molar-refractivity contribution in [2.24, 2.45) is 0 Å². The van der Waals surface area contributed by atoms with Crippen LogP contribution in [0.3, 0.4) is 0 Å². The molecule has 1 fully saturated rings. The van der Waals surface area contributed by atoms with E-state index >= 15 is 0 Å². The highest BCUT2D eigenvalue weighted by atomic mass is 16.2. The van der Waals surface area contributed by atoms with E-state index in [0.717, 1.165) is 25.0 Å². The van der Waals surface area contributed by atoms with Crippen molar-refractivity contribution in [1.82, 2.24) is 15.5 Å². The van der Waals surface area contributed by atoms with E-state index in [1.165, 1.54) is 12.8 Å². The van der Waals surface area contributed by atoms with Crippen molar-refractivity contribution in [2.45, 2.75) is 51.5 Å². The van der Waals surface area contributed by atoms with Gasteiger partial charge in [0.15, 0.2) is 5.69 Å². The average molecular weight is 236 g/mol. The van der Waals surface area contributed by atoms with E-state index in [2.05, 4.69) is 22.4 Å². The van der Waals surface area contributed by atoms with Gasteiger partial charge in [0.25, 0.3) is 5.91 Å². The highest BCUT2D eigenvalue weighted by Crippen LogP contribution is 2.29.